The van der Waals surface area contributed by atoms with E-state index in [0.29, 0.717) is 56.0 Å². The van der Waals surface area contributed by atoms with Gasteiger partial charge in [-0.3, -0.25) is 28.7 Å². The summed E-state index contributed by atoms with van der Waals surface area (Å²) in [6.07, 6.45) is 11.5. The van der Waals surface area contributed by atoms with Gasteiger partial charge in [-0.1, -0.05) is 45.7 Å². The molecule has 88 heavy (non-hydrogen) atoms. The van der Waals surface area contributed by atoms with E-state index in [9.17, 15) is 14.4 Å². The second-order valence-electron chi connectivity index (χ2n) is 24.3. The summed E-state index contributed by atoms with van der Waals surface area (Å²) >= 11 is 9.21. The van der Waals surface area contributed by atoms with Crippen LogP contribution >= 0.6 is 27.5 Å². The number of pyridine rings is 3. The Balaban J connectivity index is 0.000000133. The molecule has 7 N–H and O–H groups in total. The summed E-state index contributed by atoms with van der Waals surface area (Å²) in [5, 5.41) is 13.6. The molecule has 3 aliphatic rings. The molecule has 3 fully saturated rings. The molecule has 0 radical (unpaired) electrons. The largest absolute Gasteiger partial charge is 0.494 e. The van der Waals surface area contributed by atoms with Gasteiger partial charge in [0.1, 0.15) is 34.4 Å². The maximum absolute atomic E-state index is 11.8. The quantitative estimate of drug-likeness (QED) is 0.100. The minimum atomic E-state index is -0.476. The van der Waals surface area contributed by atoms with Gasteiger partial charge in [-0.2, -0.15) is 10.2 Å². The van der Waals surface area contributed by atoms with Crippen molar-refractivity contribution in [2.24, 2.45) is 14.1 Å². The van der Waals surface area contributed by atoms with Crippen LogP contribution in [0.25, 0.3) is 66.4 Å². The number of nitrogens with zero attached hydrogens (tertiary/aromatic N) is 8. The van der Waals surface area contributed by atoms with Crippen molar-refractivity contribution in [3.63, 3.8) is 0 Å². The second-order valence-corrected chi connectivity index (χ2v) is 25.6. The molecule has 0 amide bonds. The van der Waals surface area contributed by atoms with Crippen molar-refractivity contribution in [1.29, 1.82) is 0 Å². The van der Waals surface area contributed by atoms with Crippen LogP contribution in [0.5, 0.6) is 0 Å². The Morgan fingerprint density at radius 3 is 1.35 bits per heavy atom. The summed E-state index contributed by atoms with van der Waals surface area (Å²) in [6, 6.07) is 26.1. The van der Waals surface area contributed by atoms with E-state index in [2.05, 4.69) is 61.0 Å². The summed E-state index contributed by atoms with van der Waals surface area (Å²) < 4.78 is 40.2. The highest BCUT2D eigenvalue weighted by atomic mass is 79.9. The molecule has 0 saturated carbocycles. The Labute approximate surface area is 523 Å². The normalized spacial score (nSPS) is 17.3. The fourth-order valence-electron chi connectivity index (χ4n) is 9.27. The number of halogens is 2. The van der Waals surface area contributed by atoms with E-state index in [-0.39, 0.29) is 50.3 Å². The van der Waals surface area contributed by atoms with Crippen molar-refractivity contribution in [3.05, 3.63) is 169 Å². The fraction of sp³-hybridized carbons (Fsp3) is 0.328. The number of aryl methyl sites for hydroxylation is 2. The van der Waals surface area contributed by atoms with E-state index in [1.54, 1.807) is 52.4 Å². The molecule has 0 unspecified atom stereocenters. The lowest BCUT2D eigenvalue weighted by Crippen LogP contribution is -2.41. The number of nitrogens with two attached hydrogens (primary N) is 2. The first kappa shape index (κ1) is 64.7. The third-order valence-corrected chi connectivity index (χ3v) is 17.1. The van der Waals surface area contributed by atoms with Crippen molar-refractivity contribution >= 4 is 98.1 Å². The smallest absolute Gasteiger partial charge is 0.405 e. The van der Waals surface area contributed by atoms with Gasteiger partial charge in [-0.05, 0) is 171 Å². The van der Waals surface area contributed by atoms with Crippen molar-refractivity contribution < 1.29 is 27.9 Å². The summed E-state index contributed by atoms with van der Waals surface area (Å²) in [7, 11) is 2.30. The van der Waals surface area contributed by atoms with Gasteiger partial charge in [0, 0.05) is 71.3 Å². The average Bonchev–Trinajstić information content (AvgIpc) is 2.56. The Hall–Kier alpha value is -7.81. The summed E-state index contributed by atoms with van der Waals surface area (Å²) in [5.74, 6) is 0.659. The number of aromatic nitrogens is 11. The molecule has 456 valence electrons. The number of hydrogen-bond acceptors (Lipinski definition) is 17. The van der Waals surface area contributed by atoms with Crippen LogP contribution in [-0.2, 0) is 42.0 Å². The topological polar surface area (TPSA) is 293 Å². The van der Waals surface area contributed by atoms with E-state index >= 15 is 0 Å². The van der Waals surface area contributed by atoms with Crippen LogP contribution < -0.4 is 33.6 Å². The first-order valence-electron chi connectivity index (χ1n) is 28.2. The van der Waals surface area contributed by atoms with Crippen LogP contribution in [0.1, 0.15) is 83.1 Å². The second kappa shape index (κ2) is 25.0. The van der Waals surface area contributed by atoms with E-state index in [0.717, 1.165) is 37.0 Å². The highest BCUT2D eigenvalue weighted by Crippen LogP contribution is 2.43. The zero-order chi connectivity index (χ0) is 63.9. The van der Waals surface area contributed by atoms with Crippen molar-refractivity contribution in [1.82, 2.24) is 54.4 Å². The first-order chi connectivity index (χ1) is 41.2. The molecule has 3 saturated heterocycles. The molecule has 0 spiro atoms. The molecule has 7 aromatic heterocycles. The van der Waals surface area contributed by atoms with Crippen molar-refractivity contribution in [3.8, 4) is 34.0 Å². The molecular formula is C61H70B3BrClN13O9. The third kappa shape index (κ3) is 14.0. The summed E-state index contributed by atoms with van der Waals surface area (Å²) in [5.41, 5.74) is 13.8. The number of nitrogen functional groups attached to an aromatic ring is 2. The van der Waals surface area contributed by atoms with Gasteiger partial charge in [-0.25, -0.2) is 15.0 Å². The van der Waals surface area contributed by atoms with Crippen LogP contribution in [0, 0.1) is 0 Å². The molecule has 27 heteroatoms. The molecule has 10 aromatic rings. The minimum absolute atomic E-state index is 0.0417. The zero-order valence-electron chi connectivity index (χ0n) is 51.5. The monoisotopic (exact) mass is 1280 g/mol. The van der Waals surface area contributed by atoms with Crippen LogP contribution in [0.2, 0.25) is 5.15 Å². The number of anilines is 2. The fourth-order valence-corrected chi connectivity index (χ4v) is 9.83. The van der Waals surface area contributed by atoms with Gasteiger partial charge in [0.2, 0.25) is 0 Å². The standard InChI is InChI=1S/C17H14N6O.C15H18BNO3.C12H24B2O4.C9H6BrNO.C8H8ClN5/c1-23-7-5-13(22-23)16-15(20-9-14(18)21-16)11-2-3-12-10(8-11)4-6-19-17(12)24;1-14(2)15(3,4)20-16(19-14)11-5-6-12-10(9-11)7-8-17-13(12)18;1-9(2)10(3,4)16-13(15-9)14-17-11(5,6)12(7,8)18-14;10-7-1-2-8-6(5-7)3-4-11-9(8)12;1-14-3-2-5(13-14)7-8(9)11-4-6(10)12-7/h2-9H,1H3,(H2,18,21)(H,19,24);5-9H,1-4H3,(H,17,18);1-8H3;1-5H,(H,11,12);2-4H,1H3,(H2,10,12). The van der Waals surface area contributed by atoms with Gasteiger partial charge in [-0.15, -0.1) is 0 Å². The van der Waals surface area contributed by atoms with E-state index in [1.165, 1.54) is 12.4 Å². The Morgan fingerprint density at radius 1 is 0.489 bits per heavy atom. The van der Waals surface area contributed by atoms with Gasteiger partial charge in [0.05, 0.1) is 51.7 Å². The molecule has 3 aromatic carbocycles. The Kier molecular flexibility index (Phi) is 18.4. The van der Waals surface area contributed by atoms with Crippen LogP contribution in [-0.4, -0.2) is 109 Å². The van der Waals surface area contributed by atoms with Crippen LogP contribution in [0.4, 0.5) is 11.6 Å². The Bertz CT molecular complexity index is 4300. The van der Waals surface area contributed by atoms with Crippen molar-refractivity contribution in [2.75, 3.05) is 11.5 Å². The first-order valence-corrected chi connectivity index (χ1v) is 29.4. The Morgan fingerprint density at radius 2 is 0.886 bits per heavy atom. The molecule has 0 bridgehead atoms. The minimum Gasteiger partial charge on any atom is -0.405 e. The number of aromatic amines is 3. The third-order valence-electron chi connectivity index (χ3n) is 16.3. The van der Waals surface area contributed by atoms with Crippen LogP contribution in [0.15, 0.2) is 147 Å². The molecule has 13 rings (SSSR count). The predicted molar refractivity (Wildman–Crippen MR) is 351 cm³/mol. The highest BCUT2D eigenvalue weighted by Gasteiger charge is 2.64. The lowest BCUT2D eigenvalue weighted by atomic mass is 9.49. The number of hydrogen-bond donors (Lipinski definition) is 5. The molecule has 0 aliphatic carbocycles. The van der Waals surface area contributed by atoms with Crippen LogP contribution in [0.3, 0.4) is 0 Å². The lowest BCUT2D eigenvalue weighted by molar-refractivity contribution is 0.00578. The highest BCUT2D eigenvalue weighted by molar-refractivity contribution is 9.10. The van der Waals surface area contributed by atoms with Crippen molar-refractivity contribution in [2.45, 2.75) is 117 Å². The summed E-state index contributed by atoms with van der Waals surface area (Å²) in [6.45, 7) is 24.3. The van der Waals surface area contributed by atoms with Gasteiger partial charge in [0.15, 0.2) is 5.15 Å². The maximum Gasteiger partial charge on any atom is 0.494 e. The van der Waals surface area contributed by atoms with E-state index in [4.69, 9.17) is 51.0 Å². The van der Waals surface area contributed by atoms with Gasteiger partial charge >= 0.3 is 21.1 Å². The number of fused-ring (bicyclic) bond motifs is 3. The van der Waals surface area contributed by atoms with Gasteiger partial charge in [0.25, 0.3) is 16.7 Å². The molecule has 10 heterocycles. The molecular weight excluding hydrogens is 1210 g/mol. The molecule has 22 nitrogen and oxygen atoms in total. The van der Waals surface area contributed by atoms with E-state index in [1.807, 2.05) is 170 Å². The SMILES string of the molecule is CC1(C)OB(B2OC(C)(C)C(C)(C)O2)OC1(C)C.CC1(C)OB(c2ccc3c(=O)[nH]ccc3c2)OC1(C)C.Cn1ccc(-c2nc(N)cnc2-c2ccc3c(=O)[nH]ccc3c2)n1.Cn1ccc(-c2nc(N)cnc2Cl)n1.O=c1[nH]ccc2cc(Br)ccc12. The lowest BCUT2D eigenvalue weighted by Gasteiger charge is -2.32. The number of nitrogens with one attached hydrogen (secondary N) is 3. The number of rotatable bonds is 5. The number of H-pyrrole nitrogens is 3. The summed E-state index contributed by atoms with van der Waals surface area (Å²) in [4.78, 5) is 59.5. The number of benzene rings is 3. The molecule has 3 aliphatic heterocycles. The van der Waals surface area contributed by atoms with E-state index < -0.39 is 21.1 Å². The maximum atomic E-state index is 11.8. The molecule has 0 atom stereocenters. The van der Waals surface area contributed by atoms with Gasteiger partial charge < -0.3 is 54.3 Å². The predicted octanol–water partition coefficient (Wildman–Crippen LogP) is 9.45. The zero-order valence-corrected chi connectivity index (χ0v) is 53.9. The average molecular weight is 1280 g/mol.